The highest BCUT2D eigenvalue weighted by Gasteiger charge is 2.19. The molecule has 3 rings (SSSR count). The van der Waals surface area contributed by atoms with Gasteiger partial charge in [-0.05, 0) is 25.1 Å². The number of fused-ring (bicyclic) bond motifs is 1. The van der Waals surface area contributed by atoms with Gasteiger partial charge in [-0.3, -0.25) is 14.3 Å². The van der Waals surface area contributed by atoms with Gasteiger partial charge in [0.1, 0.15) is 11.6 Å². The summed E-state index contributed by atoms with van der Waals surface area (Å²) in [7, 11) is 1.69. The molecule has 0 saturated carbocycles. The number of aromatic nitrogens is 2. The molecule has 130 valence electrons. The molecular formula is C16H16N4O5. The van der Waals surface area contributed by atoms with Crippen LogP contribution in [0.1, 0.15) is 16.1 Å². The lowest BCUT2D eigenvalue weighted by atomic mass is 10.1. The first-order valence-electron chi connectivity index (χ1n) is 7.46. The van der Waals surface area contributed by atoms with Gasteiger partial charge in [0.25, 0.3) is 11.8 Å². The lowest BCUT2D eigenvalue weighted by Crippen LogP contribution is -2.25. The average Bonchev–Trinajstić information content (AvgIpc) is 2.89. The van der Waals surface area contributed by atoms with Gasteiger partial charge in [-0.25, -0.2) is 4.79 Å². The summed E-state index contributed by atoms with van der Waals surface area (Å²) in [5.41, 5.74) is 1.46. The molecule has 9 heteroatoms. The smallest absolute Gasteiger partial charge is 0.338 e. The first-order valence-corrected chi connectivity index (χ1v) is 7.46. The molecule has 2 N–H and O–H groups in total. The van der Waals surface area contributed by atoms with E-state index in [1.165, 1.54) is 16.8 Å². The Morgan fingerprint density at radius 1 is 1.40 bits per heavy atom. The molecule has 0 atom stereocenters. The monoisotopic (exact) mass is 344 g/mol. The maximum Gasteiger partial charge on any atom is 0.338 e. The lowest BCUT2D eigenvalue weighted by molar-refractivity contribution is -0.119. The number of ether oxygens (including phenoxy) is 2. The molecule has 1 aliphatic rings. The maximum absolute atomic E-state index is 12.1. The third-order valence-electron chi connectivity index (χ3n) is 3.45. The van der Waals surface area contributed by atoms with E-state index in [0.717, 1.165) is 5.69 Å². The summed E-state index contributed by atoms with van der Waals surface area (Å²) in [5.74, 6) is -0.511. The van der Waals surface area contributed by atoms with Crippen molar-refractivity contribution in [2.75, 3.05) is 23.8 Å². The zero-order chi connectivity index (χ0) is 18.0. The summed E-state index contributed by atoms with van der Waals surface area (Å²) < 4.78 is 11.8. The molecule has 2 amide bonds. The quantitative estimate of drug-likeness (QED) is 0.796. The number of carbonyl (C=O) groups is 3. The van der Waals surface area contributed by atoms with E-state index in [4.69, 9.17) is 9.47 Å². The van der Waals surface area contributed by atoms with Gasteiger partial charge in [0.2, 0.25) is 0 Å². The topological polar surface area (TPSA) is 112 Å². The highest BCUT2D eigenvalue weighted by molar-refractivity contribution is 5.98. The highest BCUT2D eigenvalue weighted by atomic mass is 16.5. The summed E-state index contributed by atoms with van der Waals surface area (Å²) in [5, 5.41) is 9.33. The van der Waals surface area contributed by atoms with E-state index in [0.29, 0.717) is 17.3 Å². The number of amides is 2. The first kappa shape index (κ1) is 16.5. The fourth-order valence-electron chi connectivity index (χ4n) is 2.32. The second-order valence-corrected chi connectivity index (χ2v) is 5.47. The van der Waals surface area contributed by atoms with Gasteiger partial charge in [0, 0.05) is 13.1 Å². The van der Waals surface area contributed by atoms with Crippen molar-refractivity contribution in [2.45, 2.75) is 6.92 Å². The summed E-state index contributed by atoms with van der Waals surface area (Å²) >= 11 is 0. The molecule has 2 heterocycles. The van der Waals surface area contributed by atoms with E-state index < -0.39 is 18.5 Å². The Labute approximate surface area is 142 Å². The van der Waals surface area contributed by atoms with Crippen LogP contribution < -0.4 is 15.4 Å². The standard InChI is InChI=1S/C16H16N4O5/c1-9-5-13(20(2)19-9)18-15(22)8-25-16(23)10-3-4-11-12(6-10)24-7-14(21)17-11/h3-6H,7-8H2,1-2H3,(H,17,21)(H,18,22). The molecule has 1 aromatic carbocycles. The highest BCUT2D eigenvalue weighted by Crippen LogP contribution is 2.28. The molecule has 25 heavy (non-hydrogen) atoms. The van der Waals surface area contributed by atoms with Crippen molar-refractivity contribution in [2.24, 2.45) is 7.05 Å². The molecule has 1 aromatic heterocycles. The molecule has 0 spiro atoms. The number of hydrogen-bond acceptors (Lipinski definition) is 6. The van der Waals surface area contributed by atoms with Crippen LogP contribution in [0.3, 0.4) is 0 Å². The Bertz CT molecular complexity index is 858. The van der Waals surface area contributed by atoms with Crippen LogP contribution in [0.25, 0.3) is 0 Å². The van der Waals surface area contributed by atoms with Crippen molar-refractivity contribution < 1.29 is 23.9 Å². The lowest BCUT2D eigenvalue weighted by Gasteiger charge is -2.18. The van der Waals surface area contributed by atoms with Crippen LogP contribution in [-0.4, -0.2) is 40.8 Å². The van der Waals surface area contributed by atoms with E-state index in [-0.39, 0.29) is 18.1 Å². The van der Waals surface area contributed by atoms with Crippen molar-refractivity contribution in [1.29, 1.82) is 0 Å². The van der Waals surface area contributed by atoms with E-state index in [1.807, 2.05) is 0 Å². The number of esters is 1. The fraction of sp³-hybridized carbons (Fsp3) is 0.250. The minimum Gasteiger partial charge on any atom is -0.482 e. The largest absolute Gasteiger partial charge is 0.482 e. The average molecular weight is 344 g/mol. The van der Waals surface area contributed by atoms with Crippen LogP contribution in [0.2, 0.25) is 0 Å². The third-order valence-corrected chi connectivity index (χ3v) is 3.45. The summed E-state index contributed by atoms with van der Waals surface area (Å²) in [4.78, 5) is 35.2. The third kappa shape index (κ3) is 3.77. The Hall–Kier alpha value is -3.36. The van der Waals surface area contributed by atoms with Gasteiger partial charge in [0.15, 0.2) is 13.2 Å². The molecule has 0 saturated heterocycles. The molecule has 0 unspecified atom stereocenters. The van der Waals surface area contributed by atoms with E-state index >= 15 is 0 Å². The SMILES string of the molecule is Cc1cc(NC(=O)COC(=O)c2ccc3c(c2)OCC(=O)N3)n(C)n1. The number of hydrogen-bond donors (Lipinski definition) is 2. The zero-order valence-corrected chi connectivity index (χ0v) is 13.7. The van der Waals surface area contributed by atoms with Gasteiger partial charge in [-0.15, -0.1) is 0 Å². The van der Waals surface area contributed by atoms with E-state index in [9.17, 15) is 14.4 Å². The number of nitrogens with zero attached hydrogens (tertiary/aromatic N) is 2. The van der Waals surface area contributed by atoms with Gasteiger partial charge in [-0.1, -0.05) is 0 Å². The molecule has 2 aromatic rings. The predicted octanol–water partition coefficient (Wildman–Crippen LogP) is 0.855. The number of rotatable bonds is 4. The van der Waals surface area contributed by atoms with Gasteiger partial charge in [0.05, 0.1) is 16.9 Å². The minimum absolute atomic E-state index is 0.113. The van der Waals surface area contributed by atoms with Crippen LogP contribution in [0.5, 0.6) is 5.75 Å². The van der Waals surface area contributed by atoms with E-state index in [2.05, 4.69) is 15.7 Å². The summed E-state index contributed by atoms with van der Waals surface area (Å²) in [6.45, 7) is 1.26. The first-order chi connectivity index (χ1) is 11.9. The Kier molecular flexibility index (Phi) is 4.38. The number of anilines is 2. The van der Waals surface area contributed by atoms with Crippen LogP contribution >= 0.6 is 0 Å². The Balaban J connectivity index is 1.58. The van der Waals surface area contributed by atoms with Crippen molar-refractivity contribution in [3.8, 4) is 5.75 Å². The molecular weight excluding hydrogens is 328 g/mol. The van der Waals surface area contributed by atoms with Crippen LogP contribution in [-0.2, 0) is 21.4 Å². The van der Waals surface area contributed by atoms with Crippen molar-refractivity contribution in [1.82, 2.24) is 9.78 Å². The van der Waals surface area contributed by atoms with E-state index in [1.54, 1.807) is 26.1 Å². The molecule has 9 nitrogen and oxygen atoms in total. The Morgan fingerprint density at radius 3 is 2.92 bits per heavy atom. The van der Waals surface area contributed by atoms with Crippen LogP contribution in [0, 0.1) is 6.92 Å². The van der Waals surface area contributed by atoms with Gasteiger partial charge < -0.3 is 20.1 Å². The van der Waals surface area contributed by atoms with Gasteiger partial charge >= 0.3 is 5.97 Å². The predicted molar refractivity (Wildman–Crippen MR) is 87.4 cm³/mol. The zero-order valence-electron chi connectivity index (χ0n) is 13.7. The van der Waals surface area contributed by atoms with Crippen molar-refractivity contribution in [3.05, 3.63) is 35.5 Å². The van der Waals surface area contributed by atoms with Crippen LogP contribution in [0.4, 0.5) is 11.5 Å². The second-order valence-electron chi connectivity index (χ2n) is 5.47. The number of carbonyl (C=O) groups excluding carboxylic acids is 3. The normalized spacial score (nSPS) is 12.6. The van der Waals surface area contributed by atoms with Crippen LogP contribution in [0.15, 0.2) is 24.3 Å². The maximum atomic E-state index is 12.1. The number of benzene rings is 1. The number of nitrogens with one attached hydrogen (secondary N) is 2. The number of aryl methyl sites for hydroxylation is 2. The molecule has 0 fully saturated rings. The second kappa shape index (κ2) is 6.63. The van der Waals surface area contributed by atoms with Crippen molar-refractivity contribution in [3.63, 3.8) is 0 Å². The minimum atomic E-state index is -0.667. The fourth-order valence-corrected chi connectivity index (χ4v) is 2.32. The summed E-state index contributed by atoms with van der Waals surface area (Å²) in [6, 6.07) is 6.19. The summed E-state index contributed by atoms with van der Waals surface area (Å²) in [6.07, 6.45) is 0. The Morgan fingerprint density at radius 2 is 2.20 bits per heavy atom. The molecule has 0 bridgehead atoms. The molecule has 0 radical (unpaired) electrons. The van der Waals surface area contributed by atoms with Crippen molar-refractivity contribution >= 4 is 29.3 Å². The molecule has 1 aliphatic heterocycles. The van der Waals surface area contributed by atoms with Gasteiger partial charge in [-0.2, -0.15) is 5.10 Å². The molecule has 0 aliphatic carbocycles.